The molecule has 10 heteroatoms. The molecule has 0 radical (unpaired) electrons. The highest BCUT2D eigenvalue weighted by atomic mass is 16.5. The van der Waals surface area contributed by atoms with Crippen molar-refractivity contribution < 1.29 is 23.9 Å². The van der Waals surface area contributed by atoms with E-state index in [2.05, 4.69) is 32.7 Å². The normalized spacial score (nSPS) is 16.4. The molecule has 2 aromatic rings. The Morgan fingerprint density at radius 1 is 0.905 bits per heavy atom. The van der Waals surface area contributed by atoms with Crippen LogP contribution in [0.3, 0.4) is 0 Å². The van der Waals surface area contributed by atoms with Gasteiger partial charge in [-0.25, -0.2) is 4.79 Å². The van der Waals surface area contributed by atoms with Crippen molar-refractivity contribution in [1.82, 2.24) is 26.6 Å². The SMILES string of the molecule is CN[C@@H](C)C(=O)N[C@H](C(=O)N[C@@H](CCCNC(=O)OCc1ccccc1)C(=O)N[C@@H]1CCCc2ccccc21)C(C)C. The predicted molar refractivity (Wildman–Crippen MR) is 161 cm³/mol. The lowest BCUT2D eigenvalue weighted by Crippen LogP contribution is -2.57. The van der Waals surface area contributed by atoms with Crippen molar-refractivity contribution in [1.29, 1.82) is 0 Å². The first-order valence-corrected chi connectivity index (χ1v) is 14.8. The highest BCUT2D eigenvalue weighted by Gasteiger charge is 2.31. The maximum atomic E-state index is 13.6. The maximum Gasteiger partial charge on any atom is 0.407 e. The molecular formula is C32H45N5O5. The summed E-state index contributed by atoms with van der Waals surface area (Å²) in [5.74, 6) is -1.23. The summed E-state index contributed by atoms with van der Waals surface area (Å²) in [6.07, 6.45) is 2.90. The summed E-state index contributed by atoms with van der Waals surface area (Å²) in [6, 6.07) is 15.2. The summed E-state index contributed by atoms with van der Waals surface area (Å²) >= 11 is 0. The molecule has 2 aromatic carbocycles. The van der Waals surface area contributed by atoms with E-state index < -0.39 is 30.1 Å². The minimum atomic E-state index is -0.853. The minimum Gasteiger partial charge on any atom is -0.445 e. The lowest BCUT2D eigenvalue weighted by molar-refractivity contribution is -0.133. The van der Waals surface area contributed by atoms with Crippen molar-refractivity contribution in [2.45, 2.75) is 83.6 Å². The minimum absolute atomic E-state index is 0.148. The first-order valence-electron chi connectivity index (χ1n) is 14.8. The molecule has 0 fully saturated rings. The molecule has 1 aliphatic rings. The molecule has 3 rings (SSSR count). The number of carbonyl (C=O) groups is 4. The molecule has 0 saturated carbocycles. The van der Waals surface area contributed by atoms with Crippen LogP contribution in [-0.4, -0.2) is 55.5 Å². The van der Waals surface area contributed by atoms with Crippen molar-refractivity contribution in [2.75, 3.05) is 13.6 Å². The molecule has 0 aromatic heterocycles. The van der Waals surface area contributed by atoms with Gasteiger partial charge in [0, 0.05) is 6.54 Å². The fourth-order valence-electron chi connectivity index (χ4n) is 4.92. The molecule has 1 aliphatic carbocycles. The van der Waals surface area contributed by atoms with Gasteiger partial charge >= 0.3 is 6.09 Å². The van der Waals surface area contributed by atoms with Gasteiger partial charge in [0.1, 0.15) is 18.7 Å². The van der Waals surface area contributed by atoms with Crippen molar-refractivity contribution in [3.8, 4) is 0 Å². The van der Waals surface area contributed by atoms with Gasteiger partial charge in [-0.15, -0.1) is 0 Å². The Bertz CT molecular complexity index is 1190. The van der Waals surface area contributed by atoms with Crippen molar-refractivity contribution >= 4 is 23.8 Å². The van der Waals surface area contributed by atoms with Gasteiger partial charge in [0.15, 0.2) is 0 Å². The lowest BCUT2D eigenvalue weighted by Gasteiger charge is -2.30. The monoisotopic (exact) mass is 579 g/mol. The summed E-state index contributed by atoms with van der Waals surface area (Å²) < 4.78 is 5.26. The average molecular weight is 580 g/mol. The van der Waals surface area contributed by atoms with Gasteiger partial charge in [0.05, 0.1) is 12.1 Å². The van der Waals surface area contributed by atoms with E-state index in [1.54, 1.807) is 14.0 Å². The molecule has 0 unspecified atom stereocenters. The zero-order valence-corrected chi connectivity index (χ0v) is 25.1. The molecule has 0 bridgehead atoms. The van der Waals surface area contributed by atoms with Crippen LogP contribution in [-0.2, 0) is 32.1 Å². The van der Waals surface area contributed by atoms with Crippen LogP contribution < -0.4 is 26.6 Å². The third-order valence-corrected chi connectivity index (χ3v) is 7.54. The molecule has 4 atom stereocenters. The van der Waals surface area contributed by atoms with E-state index in [1.807, 2.05) is 62.4 Å². The average Bonchev–Trinajstić information content (AvgIpc) is 3.00. The Labute approximate surface area is 248 Å². The van der Waals surface area contributed by atoms with Crippen molar-refractivity contribution in [3.63, 3.8) is 0 Å². The smallest absolute Gasteiger partial charge is 0.407 e. The predicted octanol–water partition coefficient (Wildman–Crippen LogP) is 3.12. The van der Waals surface area contributed by atoms with Crippen molar-refractivity contribution in [2.24, 2.45) is 5.92 Å². The van der Waals surface area contributed by atoms with Gasteiger partial charge in [-0.1, -0.05) is 68.4 Å². The van der Waals surface area contributed by atoms with E-state index in [0.717, 1.165) is 30.4 Å². The van der Waals surface area contributed by atoms with Gasteiger partial charge in [-0.3, -0.25) is 14.4 Å². The van der Waals surface area contributed by atoms with Crippen molar-refractivity contribution in [3.05, 3.63) is 71.3 Å². The summed E-state index contributed by atoms with van der Waals surface area (Å²) in [5.41, 5.74) is 3.19. The number of benzene rings is 2. The van der Waals surface area contributed by atoms with Crippen LogP contribution >= 0.6 is 0 Å². The van der Waals surface area contributed by atoms with E-state index in [-0.39, 0.29) is 43.3 Å². The fourth-order valence-corrected chi connectivity index (χ4v) is 4.92. The second-order valence-corrected chi connectivity index (χ2v) is 11.1. The quantitative estimate of drug-likeness (QED) is 0.218. The highest BCUT2D eigenvalue weighted by Crippen LogP contribution is 2.29. The number of likely N-dealkylation sites (N-methyl/N-ethyl adjacent to an activating group) is 1. The summed E-state index contributed by atoms with van der Waals surface area (Å²) in [7, 11) is 1.67. The molecular weight excluding hydrogens is 534 g/mol. The van der Waals surface area contributed by atoms with Crippen LogP contribution in [0.15, 0.2) is 54.6 Å². The third kappa shape index (κ3) is 9.87. The molecule has 4 amide bonds. The van der Waals surface area contributed by atoms with Gasteiger partial charge < -0.3 is 31.3 Å². The van der Waals surface area contributed by atoms with E-state index in [0.29, 0.717) is 6.42 Å². The van der Waals surface area contributed by atoms with E-state index in [1.165, 1.54) is 5.56 Å². The van der Waals surface area contributed by atoms with Gasteiger partial charge in [-0.05, 0) is 68.7 Å². The Kier molecular flexibility index (Phi) is 12.8. The third-order valence-electron chi connectivity index (χ3n) is 7.54. The second kappa shape index (κ2) is 16.5. The van der Waals surface area contributed by atoms with Crippen LogP contribution in [0.25, 0.3) is 0 Å². The number of hydrogen-bond acceptors (Lipinski definition) is 6. The Balaban J connectivity index is 1.63. The van der Waals surface area contributed by atoms with Crippen LogP contribution in [0.2, 0.25) is 0 Å². The molecule has 0 spiro atoms. The molecule has 5 N–H and O–H groups in total. The number of fused-ring (bicyclic) bond motifs is 1. The first-order chi connectivity index (χ1) is 20.2. The Morgan fingerprint density at radius 3 is 2.33 bits per heavy atom. The number of hydrogen-bond donors (Lipinski definition) is 5. The Hall–Kier alpha value is -3.92. The number of amides is 4. The summed E-state index contributed by atoms with van der Waals surface area (Å²) in [5, 5.41) is 14.4. The standard InChI is InChI=1S/C32H45N5O5/c1-21(2)28(37-29(38)22(3)33-4)31(40)36-27(18-11-19-34-32(41)42-20-23-12-6-5-7-13-23)30(39)35-26-17-10-15-24-14-8-9-16-25(24)26/h5-9,12-14,16,21-22,26-28,33H,10-11,15,17-20H2,1-4H3,(H,34,41)(H,35,39)(H,36,40)(H,37,38)/t22-,26+,27-,28-/m0/s1. The number of rotatable bonds is 14. The zero-order valence-electron chi connectivity index (χ0n) is 25.1. The lowest BCUT2D eigenvalue weighted by atomic mass is 9.87. The maximum absolute atomic E-state index is 13.6. The van der Waals surface area contributed by atoms with E-state index in [9.17, 15) is 19.2 Å². The fraction of sp³-hybridized carbons (Fsp3) is 0.500. The van der Waals surface area contributed by atoms with Gasteiger partial charge in [0.2, 0.25) is 17.7 Å². The van der Waals surface area contributed by atoms with Crippen LogP contribution in [0, 0.1) is 5.92 Å². The summed E-state index contributed by atoms with van der Waals surface area (Å²) in [6.45, 7) is 5.82. The van der Waals surface area contributed by atoms with E-state index in [4.69, 9.17) is 4.74 Å². The molecule has 0 saturated heterocycles. The van der Waals surface area contributed by atoms with Crippen LogP contribution in [0.5, 0.6) is 0 Å². The second-order valence-electron chi connectivity index (χ2n) is 11.1. The number of nitrogens with one attached hydrogen (secondary N) is 5. The number of carbonyl (C=O) groups excluding carboxylic acids is 4. The number of alkyl carbamates (subject to hydrolysis) is 1. The number of aryl methyl sites for hydroxylation is 1. The molecule has 0 heterocycles. The number of ether oxygens (including phenoxy) is 1. The first kappa shape index (κ1) is 32.6. The molecule has 42 heavy (non-hydrogen) atoms. The Morgan fingerprint density at radius 2 is 1.62 bits per heavy atom. The highest BCUT2D eigenvalue weighted by molar-refractivity contribution is 5.93. The molecule has 0 aliphatic heterocycles. The largest absolute Gasteiger partial charge is 0.445 e. The molecule has 10 nitrogen and oxygen atoms in total. The van der Waals surface area contributed by atoms with Gasteiger partial charge in [0.25, 0.3) is 0 Å². The van der Waals surface area contributed by atoms with Crippen LogP contribution in [0.1, 0.15) is 69.2 Å². The van der Waals surface area contributed by atoms with Crippen LogP contribution in [0.4, 0.5) is 4.79 Å². The van der Waals surface area contributed by atoms with Gasteiger partial charge in [-0.2, -0.15) is 0 Å². The zero-order chi connectivity index (χ0) is 30.5. The molecule has 228 valence electrons. The summed E-state index contributed by atoms with van der Waals surface area (Å²) in [4.78, 5) is 51.7. The topological polar surface area (TPSA) is 138 Å². The van der Waals surface area contributed by atoms with E-state index >= 15 is 0 Å².